The maximum atomic E-state index is 8.75. The lowest BCUT2D eigenvalue weighted by Crippen LogP contribution is -1.92. The van der Waals surface area contributed by atoms with Crippen molar-refractivity contribution in [2.75, 3.05) is 0 Å². The number of rotatable bonds is 0. The number of hydrogen-bond donors (Lipinski definition) is 1. The van der Waals surface area contributed by atoms with Crippen molar-refractivity contribution in [3.8, 4) is 0 Å². The second kappa shape index (κ2) is 4.78. The second-order valence-electron chi connectivity index (χ2n) is 2.75. The van der Waals surface area contributed by atoms with Gasteiger partial charge in [-0.2, -0.15) is 0 Å². The number of fused-ring (bicyclic) bond motifs is 1. The molecule has 0 aliphatic heterocycles. The summed E-state index contributed by atoms with van der Waals surface area (Å²) in [5, 5.41) is 16.1. The molecule has 0 fully saturated rings. The van der Waals surface area contributed by atoms with Crippen molar-refractivity contribution in [3.63, 3.8) is 0 Å². The summed E-state index contributed by atoms with van der Waals surface area (Å²) in [5.74, 6) is 0. The molecule has 1 N–H and O–H groups in total. The van der Waals surface area contributed by atoms with Crippen molar-refractivity contribution in [2.24, 2.45) is 0 Å². The molecule has 0 saturated carbocycles. The number of hydrogen-bond acceptors (Lipinski definition) is 6. The third kappa shape index (κ3) is 2.47. The second-order valence-corrected chi connectivity index (χ2v) is 2.75. The Morgan fingerprint density at radius 2 is 1.25 bits per heavy atom. The monoisotopic (exact) mass is 216 g/mol. The van der Waals surface area contributed by atoms with Crippen LogP contribution in [-0.2, 0) is 0 Å². The first-order valence-corrected chi connectivity index (χ1v) is 4.42. The van der Waals surface area contributed by atoms with Crippen LogP contribution >= 0.6 is 0 Å². The van der Waals surface area contributed by atoms with E-state index in [0.717, 1.165) is 0 Å². The average Bonchev–Trinajstić information content (AvgIpc) is 2.72. The molecule has 7 nitrogen and oxygen atoms in total. The van der Waals surface area contributed by atoms with E-state index in [4.69, 9.17) is 5.21 Å². The van der Waals surface area contributed by atoms with Crippen LogP contribution in [-0.4, -0.2) is 35.3 Å². The van der Waals surface area contributed by atoms with Crippen LogP contribution in [0.2, 0.25) is 0 Å². The molecule has 80 valence electrons. The summed E-state index contributed by atoms with van der Waals surface area (Å²) in [4.78, 5) is 11.3. The zero-order valence-electron chi connectivity index (χ0n) is 8.17. The van der Waals surface area contributed by atoms with Crippen LogP contribution in [0.3, 0.4) is 0 Å². The lowest BCUT2D eigenvalue weighted by Gasteiger charge is -1.77. The molecule has 0 spiro atoms. The van der Waals surface area contributed by atoms with E-state index in [1.807, 2.05) is 12.1 Å². The van der Waals surface area contributed by atoms with Crippen LogP contribution in [0, 0.1) is 0 Å². The molecule has 2 aromatic heterocycles. The minimum atomic E-state index is 0.574. The van der Waals surface area contributed by atoms with E-state index in [9.17, 15) is 0 Å². The van der Waals surface area contributed by atoms with Gasteiger partial charge < -0.3 is 5.21 Å². The Bertz CT molecular complexity index is 492. The van der Waals surface area contributed by atoms with Crippen molar-refractivity contribution in [1.82, 2.24) is 30.1 Å². The molecule has 16 heavy (non-hydrogen) atoms. The molecule has 1 aromatic carbocycles. The Kier molecular flexibility index (Phi) is 2.98. The molecule has 0 aliphatic rings. The molecular weight excluding hydrogens is 208 g/mol. The third-order valence-electron chi connectivity index (χ3n) is 1.68. The quantitative estimate of drug-likeness (QED) is 0.551. The van der Waals surface area contributed by atoms with Gasteiger partial charge in [0.15, 0.2) is 0 Å². The third-order valence-corrected chi connectivity index (χ3v) is 1.68. The molecule has 0 atom stereocenters. The summed E-state index contributed by atoms with van der Waals surface area (Å²) in [5.41, 5.74) is 1.40. The summed E-state index contributed by atoms with van der Waals surface area (Å²) in [7, 11) is 0. The van der Waals surface area contributed by atoms with Crippen LogP contribution in [0.4, 0.5) is 0 Å². The summed E-state index contributed by atoms with van der Waals surface area (Å²) >= 11 is 0. The van der Waals surface area contributed by atoms with Crippen LogP contribution in [0.1, 0.15) is 0 Å². The lowest BCUT2D eigenvalue weighted by molar-refractivity contribution is 0.113. The van der Waals surface area contributed by atoms with E-state index >= 15 is 0 Å². The lowest BCUT2D eigenvalue weighted by atomic mass is 10.3. The first-order chi connectivity index (χ1) is 7.86. The van der Waals surface area contributed by atoms with Gasteiger partial charge in [-0.15, -0.1) is 10.2 Å². The molecule has 3 aromatic rings. The van der Waals surface area contributed by atoms with Crippen LogP contribution < -0.4 is 0 Å². The Balaban J connectivity index is 0.000000138. The Hall–Kier alpha value is -2.57. The van der Waals surface area contributed by atoms with Crippen molar-refractivity contribution in [2.45, 2.75) is 0 Å². The van der Waals surface area contributed by atoms with Gasteiger partial charge >= 0.3 is 0 Å². The Labute approximate surface area is 90.4 Å². The zero-order chi connectivity index (χ0) is 11.2. The summed E-state index contributed by atoms with van der Waals surface area (Å²) in [6.45, 7) is 0. The van der Waals surface area contributed by atoms with Crippen molar-refractivity contribution in [3.05, 3.63) is 43.2 Å². The molecular formula is C9H8N6O. The van der Waals surface area contributed by atoms with Gasteiger partial charge in [0.2, 0.25) is 0 Å². The van der Waals surface area contributed by atoms with E-state index in [0.29, 0.717) is 16.0 Å². The van der Waals surface area contributed by atoms with Crippen molar-refractivity contribution < 1.29 is 5.21 Å². The van der Waals surface area contributed by atoms with Gasteiger partial charge in [-0.25, -0.2) is 15.0 Å². The predicted octanol–water partition coefficient (Wildman–Crippen LogP) is 0.540. The topological polar surface area (TPSA) is 89.6 Å². The van der Waals surface area contributed by atoms with Gasteiger partial charge in [0.05, 0.1) is 0 Å². The molecule has 0 amide bonds. The van der Waals surface area contributed by atoms with Crippen LogP contribution in [0.15, 0.2) is 43.2 Å². The van der Waals surface area contributed by atoms with Gasteiger partial charge in [0.1, 0.15) is 30.0 Å². The van der Waals surface area contributed by atoms with Crippen molar-refractivity contribution in [1.29, 1.82) is 0 Å². The van der Waals surface area contributed by atoms with Gasteiger partial charge in [-0.1, -0.05) is 12.1 Å². The van der Waals surface area contributed by atoms with Gasteiger partial charge in [-0.3, -0.25) is 0 Å². The largest absolute Gasteiger partial charge is 0.396 e. The zero-order valence-corrected chi connectivity index (χ0v) is 8.17. The molecule has 3 rings (SSSR count). The fourth-order valence-corrected chi connectivity index (χ4v) is 1.05. The molecule has 2 heterocycles. The van der Waals surface area contributed by atoms with Crippen LogP contribution in [0.5, 0.6) is 0 Å². The van der Waals surface area contributed by atoms with E-state index in [-0.39, 0.29) is 0 Å². The SMILES string of the molecule is On1nc2ccccc2n1.c1ncncn1. The predicted molar refractivity (Wildman–Crippen MR) is 54.5 cm³/mol. The van der Waals surface area contributed by atoms with Gasteiger partial charge in [0, 0.05) is 0 Å². The highest BCUT2D eigenvalue weighted by atomic mass is 16.5. The van der Waals surface area contributed by atoms with Gasteiger partial charge in [0.25, 0.3) is 0 Å². The standard InChI is InChI=1S/C6H5N3O.C3H3N3/c10-9-7-5-3-1-2-4-6(5)8-9;1-4-2-6-3-5-1/h1-4,10H;1-3H. The summed E-state index contributed by atoms with van der Waals surface area (Å²) < 4.78 is 0. The smallest absolute Gasteiger partial charge is 0.119 e. The molecule has 0 aliphatic carbocycles. The Morgan fingerprint density at radius 3 is 1.62 bits per heavy atom. The number of benzene rings is 1. The Morgan fingerprint density at radius 1 is 0.812 bits per heavy atom. The molecule has 0 saturated heterocycles. The van der Waals surface area contributed by atoms with Gasteiger partial charge in [-0.05, 0) is 17.1 Å². The number of aromatic nitrogens is 6. The minimum Gasteiger partial charge on any atom is -0.396 e. The molecule has 0 unspecified atom stereocenters. The molecule has 0 bridgehead atoms. The van der Waals surface area contributed by atoms with E-state index in [2.05, 4.69) is 25.1 Å². The fraction of sp³-hybridized carbons (Fsp3) is 0. The number of nitrogens with zero attached hydrogens (tertiary/aromatic N) is 6. The fourth-order valence-electron chi connectivity index (χ4n) is 1.05. The molecule has 0 radical (unpaired) electrons. The maximum absolute atomic E-state index is 8.75. The highest BCUT2D eigenvalue weighted by Crippen LogP contribution is 2.05. The highest BCUT2D eigenvalue weighted by molar-refractivity contribution is 5.72. The summed E-state index contributed by atoms with van der Waals surface area (Å²) in [6, 6.07) is 7.26. The van der Waals surface area contributed by atoms with E-state index in [1.165, 1.54) is 19.0 Å². The average molecular weight is 216 g/mol. The minimum absolute atomic E-state index is 0.574. The first kappa shape index (κ1) is 9.97. The van der Waals surface area contributed by atoms with E-state index < -0.39 is 0 Å². The molecule has 7 heteroatoms. The summed E-state index contributed by atoms with van der Waals surface area (Å²) in [6.07, 6.45) is 4.31. The highest BCUT2D eigenvalue weighted by Gasteiger charge is 1.96. The first-order valence-electron chi connectivity index (χ1n) is 4.42. The van der Waals surface area contributed by atoms with E-state index in [1.54, 1.807) is 12.1 Å². The van der Waals surface area contributed by atoms with Crippen LogP contribution in [0.25, 0.3) is 11.0 Å². The maximum Gasteiger partial charge on any atom is 0.119 e. The van der Waals surface area contributed by atoms with Crippen molar-refractivity contribution >= 4 is 11.0 Å². The normalized spacial score (nSPS) is 9.50.